The van der Waals surface area contributed by atoms with Gasteiger partial charge in [0.15, 0.2) is 0 Å². The molecule has 1 aromatic heterocycles. The molecule has 0 saturated heterocycles. The lowest BCUT2D eigenvalue weighted by Gasteiger charge is -2.23. The number of aromatic amines is 1. The third-order valence-electron chi connectivity index (χ3n) is 3.03. The normalized spacial score (nSPS) is 12.9. The molecule has 2 aromatic rings. The van der Waals surface area contributed by atoms with E-state index in [1.807, 2.05) is 0 Å². The van der Waals surface area contributed by atoms with Crippen LogP contribution in [0.5, 0.6) is 0 Å². The third kappa shape index (κ3) is 3.55. The number of aromatic nitrogens is 2. The van der Waals surface area contributed by atoms with Gasteiger partial charge >= 0.3 is 0 Å². The maximum Gasteiger partial charge on any atom is 0.129 e. The third-order valence-corrected chi connectivity index (χ3v) is 3.27. The van der Waals surface area contributed by atoms with Gasteiger partial charge in [-0.1, -0.05) is 31.5 Å². The number of nitrogens with zero attached hydrogens (tertiary/aromatic N) is 1. The smallest absolute Gasteiger partial charge is 0.129 e. The zero-order valence-electron chi connectivity index (χ0n) is 11.0. The van der Waals surface area contributed by atoms with Crippen molar-refractivity contribution >= 4 is 11.6 Å². The molecule has 3 nitrogen and oxygen atoms in total. The van der Waals surface area contributed by atoms with Crippen LogP contribution in [-0.2, 0) is 6.54 Å². The van der Waals surface area contributed by atoms with Gasteiger partial charge in [0.25, 0.3) is 0 Å². The van der Waals surface area contributed by atoms with Gasteiger partial charge in [0.2, 0.25) is 0 Å². The predicted molar refractivity (Wildman–Crippen MR) is 74.4 cm³/mol. The summed E-state index contributed by atoms with van der Waals surface area (Å²) in [6.45, 7) is 4.72. The lowest BCUT2D eigenvalue weighted by atomic mass is 9.95. The largest absolute Gasteiger partial charge is 0.347 e. The molecule has 0 fully saturated rings. The molecule has 19 heavy (non-hydrogen) atoms. The van der Waals surface area contributed by atoms with Crippen molar-refractivity contribution < 1.29 is 4.39 Å². The number of nitrogens with one attached hydrogen (secondary N) is 2. The van der Waals surface area contributed by atoms with Crippen molar-refractivity contribution in [1.82, 2.24) is 15.3 Å². The number of hydrogen-bond donors (Lipinski definition) is 2. The number of benzene rings is 1. The minimum Gasteiger partial charge on any atom is -0.347 e. The first kappa shape index (κ1) is 14.0. The molecular weight excluding hydrogens is 265 g/mol. The van der Waals surface area contributed by atoms with Crippen molar-refractivity contribution in [3.8, 4) is 0 Å². The molecule has 0 amide bonds. The van der Waals surface area contributed by atoms with Gasteiger partial charge in [0.05, 0.1) is 6.33 Å². The summed E-state index contributed by atoms with van der Waals surface area (Å²) in [5.74, 6) is -0.0121. The number of hydrogen-bond acceptors (Lipinski definition) is 2. The fourth-order valence-electron chi connectivity index (χ4n) is 2.06. The van der Waals surface area contributed by atoms with E-state index in [9.17, 15) is 4.39 Å². The van der Waals surface area contributed by atoms with Gasteiger partial charge in [-0.3, -0.25) is 0 Å². The molecule has 1 heterocycles. The molecule has 5 heteroatoms. The first-order valence-corrected chi connectivity index (χ1v) is 6.61. The monoisotopic (exact) mass is 281 g/mol. The molecule has 0 aliphatic rings. The molecule has 2 rings (SSSR count). The zero-order chi connectivity index (χ0) is 13.8. The van der Waals surface area contributed by atoms with Crippen molar-refractivity contribution in [3.05, 3.63) is 52.8 Å². The second kappa shape index (κ2) is 6.17. The van der Waals surface area contributed by atoms with Crippen LogP contribution >= 0.6 is 11.6 Å². The van der Waals surface area contributed by atoms with Crippen molar-refractivity contribution in [2.24, 2.45) is 5.92 Å². The highest BCUT2D eigenvalue weighted by atomic mass is 35.5. The van der Waals surface area contributed by atoms with Crippen LogP contribution in [0.4, 0.5) is 4.39 Å². The van der Waals surface area contributed by atoms with Crippen LogP contribution in [0.2, 0.25) is 5.02 Å². The topological polar surface area (TPSA) is 40.7 Å². The summed E-state index contributed by atoms with van der Waals surface area (Å²) in [5.41, 5.74) is 1.61. The highest BCUT2D eigenvalue weighted by Crippen LogP contribution is 2.26. The van der Waals surface area contributed by atoms with Crippen LogP contribution in [0.15, 0.2) is 30.7 Å². The minimum absolute atomic E-state index is 0.0689. The molecule has 0 radical (unpaired) electrons. The Labute approximate surface area is 117 Å². The summed E-state index contributed by atoms with van der Waals surface area (Å²) in [6, 6.07) is 4.74. The van der Waals surface area contributed by atoms with Crippen LogP contribution in [0.3, 0.4) is 0 Å². The Hall–Kier alpha value is -1.39. The quantitative estimate of drug-likeness (QED) is 0.877. The van der Waals surface area contributed by atoms with E-state index in [0.29, 0.717) is 17.1 Å². The Kier molecular flexibility index (Phi) is 4.56. The van der Waals surface area contributed by atoms with Gasteiger partial charge in [-0.15, -0.1) is 0 Å². The van der Waals surface area contributed by atoms with Crippen LogP contribution < -0.4 is 5.32 Å². The minimum atomic E-state index is -0.275. The molecule has 1 atom stereocenters. The van der Waals surface area contributed by atoms with Gasteiger partial charge in [0.1, 0.15) is 5.82 Å². The lowest BCUT2D eigenvalue weighted by Crippen LogP contribution is -2.26. The molecular formula is C14H17ClFN3. The second-order valence-corrected chi connectivity index (χ2v) is 5.28. The van der Waals surface area contributed by atoms with E-state index in [1.54, 1.807) is 24.7 Å². The summed E-state index contributed by atoms with van der Waals surface area (Å²) in [7, 11) is 0. The van der Waals surface area contributed by atoms with Crippen LogP contribution in [0, 0.1) is 11.7 Å². The fourth-order valence-corrected chi connectivity index (χ4v) is 2.22. The van der Waals surface area contributed by atoms with E-state index in [4.69, 9.17) is 11.6 Å². The summed E-state index contributed by atoms with van der Waals surface area (Å²) >= 11 is 5.79. The highest BCUT2D eigenvalue weighted by molar-refractivity contribution is 6.30. The van der Waals surface area contributed by atoms with Crippen LogP contribution in [0.1, 0.15) is 31.1 Å². The summed E-state index contributed by atoms with van der Waals surface area (Å²) < 4.78 is 14.0. The Morgan fingerprint density at radius 1 is 1.42 bits per heavy atom. The Balaban J connectivity index is 2.15. The maximum absolute atomic E-state index is 14.0. The van der Waals surface area contributed by atoms with E-state index in [1.165, 1.54) is 6.07 Å². The van der Waals surface area contributed by atoms with E-state index >= 15 is 0 Å². The van der Waals surface area contributed by atoms with E-state index in [0.717, 1.165) is 5.69 Å². The first-order valence-electron chi connectivity index (χ1n) is 6.23. The standard InChI is InChI=1S/C14H17ClFN3/c1-9(2)14(18-7-11-6-17-8-19-11)12-4-3-10(15)5-13(12)16/h3-6,8-9,14,18H,7H2,1-2H3,(H,17,19). The number of rotatable bonds is 5. The summed E-state index contributed by atoms with van der Waals surface area (Å²) in [6.07, 6.45) is 3.38. The average molecular weight is 282 g/mol. The van der Waals surface area contributed by atoms with Crippen molar-refractivity contribution in [1.29, 1.82) is 0 Å². The van der Waals surface area contributed by atoms with Gasteiger partial charge < -0.3 is 10.3 Å². The average Bonchev–Trinajstić information content (AvgIpc) is 2.84. The molecule has 0 aliphatic carbocycles. The van der Waals surface area contributed by atoms with E-state index in [2.05, 4.69) is 29.1 Å². The molecule has 1 aromatic carbocycles. The number of imidazole rings is 1. The molecule has 1 unspecified atom stereocenters. The number of halogens is 2. The Morgan fingerprint density at radius 2 is 2.21 bits per heavy atom. The molecule has 0 bridgehead atoms. The molecule has 0 aliphatic heterocycles. The summed E-state index contributed by atoms with van der Waals surface area (Å²) in [4.78, 5) is 6.98. The second-order valence-electron chi connectivity index (χ2n) is 4.85. The number of H-pyrrole nitrogens is 1. The molecule has 0 spiro atoms. The Morgan fingerprint density at radius 3 is 2.79 bits per heavy atom. The van der Waals surface area contributed by atoms with Gasteiger partial charge in [-0.05, 0) is 18.1 Å². The highest BCUT2D eigenvalue weighted by Gasteiger charge is 2.19. The van der Waals surface area contributed by atoms with E-state index in [-0.39, 0.29) is 17.8 Å². The van der Waals surface area contributed by atoms with Gasteiger partial charge in [0, 0.05) is 35.1 Å². The fraction of sp³-hybridized carbons (Fsp3) is 0.357. The van der Waals surface area contributed by atoms with E-state index < -0.39 is 0 Å². The zero-order valence-corrected chi connectivity index (χ0v) is 11.7. The predicted octanol–water partition coefficient (Wildman–Crippen LogP) is 3.69. The van der Waals surface area contributed by atoms with Crippen LogP contribution in [0.25, 0.3) is 0 Å². The maximum atomic E-state index is 14.0. The Bertz CT molecular complexity index is 525. The molecule has 2 N–H and O–H groups in total. The van der Waals surface area contributed by atoms with Gasteiger partial charge in [-0.2, -0.15) is 0 Å². The SMILES string of the molecule is CC(C)C(NCc1cnc[nH]1)c1ccc(Cl)cc1F. The molecule has 0 saturated carbocycles. The van der Waals surface area contributed by atoms with Crippen LogP contribution in [-0.4, -0.2) is 9.97 Å². The van der Waals surface area contributed by atoms with Crippen molar-refractivity contribution in [3.63, 3.8) is 0 Å². The summed E-state index contributed by atoms with van der Waals surface area (Å²) in [5, 5.41) is 3.76. The van der Waals surface area contributed by atoms with Crippen molar-refractivity contribution in [2.75, 3.05) is 0 Å². The lowest BCUT2D eigenvalue weighted by molar-refractivity contribution is 0.394. The first-order chi connectivity index (χ1) is 9.08. The van der Waals surface area contributed by atoms with Gasteiger partial charge in [-0.25, -0.2) is 9.37 Å². The molecule has 102 valence electrons. The van der Waals surface area contributed by atoms with Crippen molar-refractivity contribution in [2.45, 2.75) is 26.4 Å².